The van der Waals surface area contributed by atoms with Crippen molar-refractivity contribution in [2.75, 3.05) is 18.9 Å². The molecule has 0 atom stereocenters. The van der Waals surface area contributed by atoms with Crippen LogP contribution in [0.3, 0.4) is 0 Å². The van der Waals surface area contributed by atoms with Crippen molar-refractivity contribution < 1.29 is 4.79 Å². The highest BCUT2D eigenvalue weighted by Gasteiger charge is 2.06. The molecule has 1 aliphatic carbocycles. The minimum atomic E-state index is -0.217. The summed E-state index contributed by atoms with van der Waals surface area (Å²) in [6.45, 7) is 0.861. The van der Waals surface area contributed by atoms with Crippen molar-refractivity contribution in [2.45, 2.75) is 25.7 Å². The first-order valence-corrected chi connectivity index (χ1v) is 6.27. The Balaban J connectivity index is 1.81. The SMILES string of the molecule is CNC(=O)c1ccc(NCCC2=CCCC2)nn1. The fraction of sp³-hybridized carbons (Fsp3) is 0.462. The van der Waals surface area contributed by atoms with Gasteiger partial charge in [-0.15, -0.1) is 10.2 Å². The minimum Gasteiger partial charge on any atom is -0.368 e. The van der Waals surface area contributed by atoms with E-state index in [1.54, 1.807) is 19.2 Å². The van der Waals surface area contributed by atoms with E-state index < -0.39 is 0 Å². The smallest absolute Gasteiger partial charge is 0.271 e. The van der Waals surface area contributed by atoms with Gasteiger partial charge in [-0.1, -0.05) is 11.6 Å². The van der Waals surface area contributed by atoms with Crippen molar-refractivity contribution in [3.63, 3.8) is 0 Å². The Morgan fingerprint density at radius 1 is 1.39 bits per heavy atom. The maximum atomic E-state index is 11.3. The third-order valence-corrected chi connectivity index (χ3v) is 3.01. The first-order valence-electron chi connectivity index (χ1n) is 6.27. The zero-order chi connectivity index (χ0) is 12.8. The molecule has 1 aliphatic rings. The van der Waals surface area contributed by atoms with Crippen LogP contribution in [0.1, 0.15) is 36.2 Å². The van der Waals surface area contributed by atoms with Gasteiger partial charge in [-0.3, -0.25) is 4.79 Å². The van der Waals surface area contributed by atoms with Gasteiger partial charge in [0, 0.05) is 13.6 Å². The normalized spacial score (nSPS) is 14.2. The largest absolute Gasteiger partial charge is 0.368 e. The summed E-state index contributed by atoms with van der Waals surface area (Å²) in [5.41, 5.74) is 1.86. The van der Waals surface area contributed by atoms with Gasteiger partial charge < -0.3 is 10.6 Å². The summed E-state index contributed by atoms with van der Waals surface area (Å²) in [4.78, 5) is 11.3. The Morgan fingerprint density at radius 2 is 2.28 bits per heavy atom. The Morgan fingerprint density at radius 3 is 2.89 bits per heavy atom. The minimum absolute atomic E-state index is 0.217. The Hall–Kier alpha value is -1.91. The van der Waals surface area contributed by atoms with Crippen LogP contribution in [0.4, 0.5) is 5.82 Å². The highest BCUT2D eigenvalue weighted by molar-refractivity contribution is 5.91. The average Bonchev–Trinajstić information content (AvgIpc) is 2.92. The number of anilines is 1. The molecule has 18 heavy (non-hydrogen) atoms. The zero-order valence-electron chi connectivity index (χ0n) is 10.6. The number of allylic oxidation sites excluding steroid dienone is 1. The van der Waals surface area contributed by atoms with Crippen LogP contribution in [0.5, 0.6) is 0 Å². The van der Waals surface area contributed by atoms with Crippen molar-refractivity contribution >= 4 is 11.7 Å². The average molecular weight is 246 g/mol. The van der Waals surface area contributed by atoms with E-state index in [4.69, 9.17) is 0 Å². The van der Waals surface area contributed by atoms with E-state index >= 15 is 0 Å². The van der Waals surface area contributed by atoms with Gasteiger partial charge in [-0.25, -0.2) is 0 Å². The summed E-state index contributed by atoms with van der Waals surface area (Å²) in [5.74, 6) is 0.492. The van der Waals surface area contributed by atoms with Crippen LogP contribution < -0.4 is 10.6 Å². The van der Waals surface area contributed by atoms with Crippen molar-refractivity contribution in [3.8, 4) is 0 Å². The Bertz CT molecular complexity index is 439. The number of carbonyl (C=O) groups excluding carboxylic acids is 1. The lowest BCUT2D eigenvalue weighted by Crippen LogP contribution is -2.19. The van der Waals surface area contributed by atoms with E-state index in [-0.39, 0.29) is 5.91 Å². The maximum absolute atomic E-state index is 11.3. The molecule has 1 amide bonds. The lowest BCUT2D eigenvalue weighted by Gasteiger charge is -2.06. The van der Waals surface area contributed by atoms with Crippen molar-refractivity contribution in [1.82, 2.24) is 15.5 Å². The summed E-state index contributed by atoms with van der Waals surface area (Å²) in [6, 6.07) is 3.45. The van der Waals surface area contributed by atoms with Gasteiger partial charge >= 0.3 is 0 Å². The molecule has 0 aliphatic heterocycles. The fourth-order valence-corrected chi connectivity index (χ4v) is 1.99. The lowest BCUT2D eigenvalue weighted by atomic mass is 10.2. The zero-order valence-corrected chi connectivity index (χ0v) is 10.6. The van der Waals surface area contributed by atoms with E-state index in [9.17, 15) is 4.79 Å². The van der Waals surface area contributed by atoms with Gasteiger partial charge in [0.2, 0.25) is 0 Å². The molecule has 1 aromatic rings. The van der Waals surface area contributed by atoms with Gasteiger partial charge in [-0.05, 0) is 37.8 Å². The Labute approximate surface area is 107 Å². The topological polar surface area (TPSA) is 66.9 Å². The van der Waals surface area contributed by atoms with E-state index in [0.717, 1.165) is 13.0 Å². The van der Waals surface area contributed by atoms with Crippen LogP contribution in [0.2, 0.25) is 0 Å². The molecule has 0 unspecified atom stereocenters. The number of rotatable bonds is 5. The molecule has 0 spiro atoms. The summed E-state index contributed by atoms with van der Waals surface area (Å²) < 4.78 is 0. The monoisotopic (exact) mass is 246 g/mol. The van der Waals surface area contributed by atoms with Gasteiger partial charge in [0.15, 0.2) is 5.69 Å². The van der Waals surface area contributed by atoms with E-state index in [2.05, 4.69) is 26.9 Å². The summed E-state index contributed by atoms with van der Waals surface area (Å²) in [5, 5.41) is 13.6. The number of amides is 1. The lowest BCUT2D eigenvalue weighted by molar-refractivity contribution is 0.0957. The van der Waals surface area contributed by atoms with E-state index in [0.29, 0.717) is 11.5 Å². The fourth-order valence-electron chi connectivity index (χ4n) is 1.99. The van der Waals surface area contributed by atoms with E-state index in [1.807, 2.05) is 0 Å². The third-order valence-electron chi connectivity index (χ3n) is 3.01. The van der Waals surface area contributed by atoms with Crippen molar-refractivity contribution in [1.29, 1.82) is 0 Å². The Kier molecular flexibility index (Phi) is 4.28. The number of aromatic nitrogens is 2. The molecular weight excluding hydrogens is 228 g/mol. The molecular formula is C13H18N4O. The molecule has 2 N–H and O–H groups in total. The van der Waals surface area contributed by atoms with Crippen LogP contribution in [0.25, 0.3) is 0 Å². The van der Waals surface area contributed by atoms with Gasteiger partial charge in [0.1, 0.15) is 5.82 Å². The molecule has 0 fully saturated rings. The molecule has 0 saturated carbocycles. The molecule has 5 nitrogen and oxygen atoms in total. The molecule has 1 aromatic heterocycles. The van der Waals surface area contributed by atoms with Crippen molar-refractivity contribution in [2.24, 2.45) is 0 Å². The number of hydrogen-bond acceptors (Lipinski definition) is 4. The van der Waals surface area contributed by atoms with E-state index in [1.165, 1.54) is 24.8 Å². The summed E-state index contributed by atoms with van der Waals surface area (Å²) >= 11 is 0. The van der Waals surface area contributed by atoms with Crippen LogP contribution in [0.15, 0.2) is 23.8 Å². The molecule has 0 aromatic carbocycles. The second kappa shape index (κ2) is 6.14. The van der Waals surface area contributed by atoms with Gasteiger partial charge in [0.05, 0.1) is 0 Å². The highest BCUT2D eigenvalue weighted by Crippen LogP contribution is 2.20. The molecule has 96 valence electrons. The van der Waals surface area contributed by atoms with Crippen LogP contribution in [-0.4, -0.2) is 29.7 Å². The quantitative estimate of drug-likeness (QED) is 0.777. The highest BCUT2D eigenvalue weighted by atomic mass is 16.1. The second-order valence-electron chi connectivity index (χ2n) is 4.31. The molecule has 0 bridgehead atoms. The molecule has 1 heterocycles. The molecule has 5 heteroatoms. The van der Waals surface area contributed by atoms with Crippen LogP contribution >= 0.6 is 0 Å². The van der Waals surface area contributed by atoms with Gasteiger partial charge in [0.25, 0.3) is 5.91 Å². The first-order chi connectivity index (χ1) is 8.79. The number of nitrogens with one attached hydrogen (secondary N) is 2. The van der Waals surface area contributed by atoms with Gasteiger partial charge in [-0.2, -0.15) is 0 Å². The maximum Gasteiger partial charge on any atom is 0.271 e. The molecule has 0 radical (unpaired) electrons. The van der Waals surface area contributed by atoms with Crippen LogP contribution in [0, 0.1) is 0 Å². The summed E-state index contributed by atoms with van der Waals surface area (Å²) in [7, 11) is 1.57. The predicted molar refractivity (Wildman–Crippen MR) is 70.5 cm³/mol. The summed E-state index contributed by atoms with van der Waals surface area (Å²) in [6.07, 6.45) is 7.11. The number of carbonyl (C=O) groups is 1. The second-order valence-corrected chi connectivity index (χ2v) is 4.31. The third kappa shape index (κ3) is 3.29. The number of nitrogens with zero attached hydrogens (tertiary/aromatic N) is 2. The molecule has 0 saturated heterocycles. The number of hydrogen-bond donors (Lipinski definition) is 2. The van der Waals surface area contributed by atoms with Crippen molar-refractivity contribution in [3.05, 3.63) is 29.5 Å². The standard InChI is InChI=1S/C13H18N4O/c1-14-13(18)11-6-7-12(17-16-11)15-9-8-10-4-2-3-5-10/h4,6-7H,2-3,5,8-9H2,1H3,(H,14,18)(H,15,17). The van der Waals surface area contributed by atoms with Crippen LogP contribution in [-0.2, 0) is 0 Å². The predicted octanol–water partition coefficient (Wildman–Crippen LogP) is 1.75. The molecule has 2 rings (SSSR count). The first kappa shape index (κ1) is 12.5.